The van der Waals surface area contributed by atoms with Crippen molar-refractivity contribution in [2.24, 2.45) is 5.10 Å². The molecular weight excluding hydrogens is 356 g/mol. The number of rotatable bonds is 5. The molecule has 2 aromatic carbocycles. The summed E-state index contributed by atoms with van der Waals surface area (Å²) < 4.78 is 5.18. The van der Waals surface area contributed by atoms with E-state index in [0.29, 0.717) is 11.3 Å². The molecule has 1 atom stereocenters. The molecule has 0 spiro atoms. The quantitative estimate of drug-likeness (QED) is 0.592. The predicted molar refractivity (Wildman–Crippen MR) is 105 cm³/mol. The van der Waals surface area contributed by atoms with E-state index >= 15 is 0 Å². The van der Waals surface area contributed by atoms with Gasteiger partial charge in [-0.15, -0.1) is 0 Å². The van der Waals surface area contributed by atoms with Crippen molar-refractivity contribution >= 4 is 23.4 Å². The van der Waals surface area contributed by atoms with E-state index in [1.165, 1.54) is 6.92 Å². The van der Waals surface area contributed by atoms with Crippen LogP contribution < -0.4 is 0 Å². The SMILES string of the molecule is CCOC(=O)C1(C(C)=O)CC(c2ccc(C)cc2)=NN1C(=O)c1ccccc1. The molecule has 1 unspecified atom stereocenters. The summed E-state index contributed by atoms with van der Waals surface area (Å²) in [4.78, 5) is 38.7. The summed E-state index contributed by atoms with van der Waals surface area (Å²) >= 11 is 0. The number of ketones is 1. The Morgan fingerprint density at radius 3 is 2.29 bits per heavy atom. The predicted octanol–water partition coefficient (Wildman–Crippen LogP) is 3.14. The summed E-state index contributed by atoms with van der Waals surface area (Å²) in [6.45, 7) is 5.01. The average Bonchev–Trinajstić information content (AvgIpc) is 3.11. The highest BCUT2D eigenvalue weighted by molar-refractivity contribution is 6.19. The number of amides is 1. The number of aryl methyl sites for hydroxylation is 1. The number of hydrogen-bond donors (Lipinski definition) is 0. The molecule has 1 heterocycles. The monoisotopic (exact) mass is 378 g/mol. The van der Waals surface area contributed by atoms with Crippen molar-refractivity contribution in [3.8, 4) is 0 Å². The Labute approximate surface area is 163 Å². The van der Waals surface area contributed by atoms with Gasteiger partial charge in [0.2, 0.25) is 5.54 Å². The van der Waals surface area contributed by atoms with Crippen molar-refractivity contribution in [2.45, 2.75) is 32.7 Å². The van der Waals surface area contributed by atoms with E-state index < -0.39 is 23.2 Å². The molecule has 2 aromatic rings. The first-order valence-electron chi connectivity index (χ1n) is 9.12. The summed E-state index contributed by atoms with van der Waals surface area (Å²) in [5.41, 5.74) is 0.855. The molecule has 28 heavy (non-hydrogen) atoms. The topological polar surface area (TPSA) is 76.0 Å². The van der Waals surface area contributed by atoms with Gasteiger partial charge in [0.15, 0.2) is 5.78 Å². The Hall–Kier alpha value is -3.28. The molecule has 1 amide bonds. The largest absolute Gasteiger partial charge is 0.464 e. The summed E-state index contributed by atoms with van der Waals surface area (Å²) in [6, 6.07) is 16.0. The maximum atomic E-state index is 13.2. The number of nitrogens with zero attached hydrogens (tertiary/aromatic N) is 2. The van der Waals surface area contributed by atoms with Crippen LogP contribution in [0.5, 0.6) is 0 Å². The fourth-order valence-electron chi connectivity index (χ4n) is 3.21. The van der Waals surface area contributed by atoms with Crippen molar-refractivity contribution in [3.63, 3.8) is 0 Å². The zero-order valence-corrected chi connectivity index (χ0v) is 16.1. The molecule has 0 saturated carbocycles. The maximum Gasteiger partial charge on any atom is 0.342 e. The van der Waals surface area contributed by atoms with Crippen LogP contribution in [0.3, 0.4) is 0 Å². The molecule has 0 bridgehead atoms. The molecule has 6 nitrogen and oxygen atoms in total. The highest BCUT2D eigenvalue weighted by Gasteiger charge is 2.57. The van der Waals surface area contributed by atoms with E-state index in [1.54, 1.807) is 37.3 Å². The molecule has 0 radical (unpaired) electrons. The highest BCUT2D eigenvalue weighted by atomic mass is 16.5. The van der Waals surface area contributed by atoms with Crippen molar-refractivity contribution < 1.29 is 19.1 Å². The average molecular weight is 378 g/mol. The minimum atomic E-state index is -1.80. The van der Waals surface area contributed by atoms with Gasteiger partial charge in [0.05, 0.1) is 12.3 Å². The molecule has 0 fully saturated rings. The molecule has 0 saturated heterocycles. The van der Waals surface area contributed by atoms with E-state index in [4.69, 9.17) is 4.74 Å². The normalized spacial score (nSPS) is 18.5. The molecule has 1 aliphatic rings. The van der Waals surface area contributed by atoms with Crippen molar-refractivity contribution in [3.05, 3.63) is 71.3 Å². The fourth-order valence-corrected chi connectivity index (χ4v) is 3.21. The molecule has 0 aromatic heterocycles. The van der Waals surface area contributed by atoms with Gasteiger partial charge in [0.1, 0.15) is 0 Å². The number of benzene rings is 2. The van der Waals surface area contributed by atoms with Crippen LogP contribution in [-0.4, -0.2) is 40.5 Å². The number of carbonyl (C=O) groups excluding carboxylic acids is 3. The lowest BCUT2D eigenvalue weighted by Gasteiger charge is -2.31. The second-order valence-electron chi connectivity index (χ2n) is 6.71. The third-order valence-corrected chi connectivity index (χ3v) is 4.80. The van der Waals surface area contributed by atoms with Gasteiger partial charge in [0.25, 0.3) is 5.91 Å². The van der Waals surface area contributed by atoms with Gasteiger partial charge in [-0.25, -0.2) is 9.80 Å². The Morgan fingerprint density at radius 2 is 1.71 bits per heavy atom. The summed E-state index contributed by atoms with van der Waals surface area (Å²) in [5.74, 6) is -1.77. The van der Waals surface area contributed by atoms with Crippen LogP contribution in [0.1, 0.15) is 41.8 Å². The second-order valence-corrected chi connectivity index (χ2v) is 6.71. The zero-order chi connectivity index (χ0) is 20.3. The van der Waals surface area contributed by atoms with Crippen LogP contribution in [0.4, 0.5) is 0 Å². The van der Waals surface area contributed by atoms with Crippen molar-refractivity contribution in [1.29, 1.82) is 0 Å². The van der Waals surface area contributed by atoms with Crippen LogP contribution in [0.2, 0.25) is 0 Å². The number of Topliss-reactive ketones (excluding diaryl/α,β-unsaturated/α-hetero) is 1. The van der Waals surface area contributed by atoms with Crippen LogP contribution in [-0.2, 0) is 14.3 Å². The summed E-state index contributed by atoms with van der Waals surface area (Å²) in [7, 11) is 0. The van der Waals surface area contributed by atoms with E-state index in [0.717, 1.165) is 16.1 Å². The molecule has 144 valence electrons. The first-order chi connectivity index (χ1) is 13.4. The third kappa shape index (κ3) is 3.33. The number of esters is 1. The second kappa shape index (κ2) is 7.76. The lowest BCUT2D eigenvalue weighted by atomic mass is 9.86. The van der Waals surface area contributed by atoms with E-state index in [2.05, 4.69) is 5.10 Å². The molecular formula is C22H22N2O4. The molecule has 0 aliphatic carbocycles. The van der Waals surface area contributed by atoms with Gasteiger partial charge in [0, 0.05) is 12.0 Å². The highest BCUT2D eigenvalue weighted by Crippen LogP contribution is 2.34. The number of ether oxygens (including phenoxy) is 1. The number of hydrazone groups is 1. The van der Waals surface area contributed by atoms with Crippen LogP contribution in [0.25, 0.3) is 0 Å². The van der Waals surface area contributed by atoms with Crippen LogP contribution >= 0.6 is 0 Å². The van der Waals surface area contributed by atoms with Crippen molar-refractivity contribution in [2.75, 3.05) is 6.61 Å². The number of carbonyl (C=O) groups is 3. The first kappa shape index (κ1) is 19.5. The Morgan fingerprint density at radius 1 is 1.07 bits per heavy atom. The molecule has 6 heteroatoms. The van der Waals surface area contributed by atoms with Gasteiger partial charge in [-0.2, -0.15) is 5.10 Å². The minimum Gasteiger partial charge on any atom is -0.464 e. The van der Waals surface area contributed by atoms with Gasteiger partial charge < -0.3 is 4.74 Å². The summed E-state index contributed by atoms with van der Waals surface area (Å²) in [6.07, 6.45) is -0.0250. The van der Waals surface area contributed by atoms with Crippen molar-refractivity contribution in [1.82, 2.24) is 5.01 Å². The molecule has 3 rings (SSSR count). The third-order valence-electron chi connectivity index (χ3n) is 4.80. The van der Waals surface area contributed by atoms with Gasteiger partial charge in [-0.3, -0.25) is 9.59 Å². The lowest BCUT2D eigenvalue weighted by molar-refractivity contribution is -0.159. The number of hydrogen-bond acceptors (Lipinski definition) is 5. The Balaban J connectivity index is 2.12. The lowest BCUT2D eigenvalue weighted by Crippen LogP contribution is -2.58. The van der Waals surface area contributed by atoms with E-state index in [1.807, 2.05) is 31.2 Å². The standard InChI is InChI=1S/C22H22N2O4/c1-4-28-21(27)22(16(3)25)14-19(17-12-10-15(2)11-13-17)23-24(22)20(26)18-8-6-5-7-9-18/h5-13H,4,14H2,1-3H3. The van der Waals surface area contributed by atoms with Crippen LogP contribution in [0.15, 0.2) is 59.7 Å². The smallest absolute Gasteiger partial charge is 0.342 e. The van der Waals surface area contributed by atoms with E-state index in [9.17, 15) is 14.4 Å². The Kier molecular flexibility index (Phi) is 5.40. The fraction of sp³-hybridized carbons (Fsp3) is 0.273. The first-order valence-corrected chi connectivity index (χ1v) is 9.12. The van der Waals surface area contributed by atoms with Gasteiger partial charge in [-0.05, 0) is 38.5 Å². The summed E-state index contributed by atoms with van der Waals surface area (Å²) in [5, 5.41) is 5.42. The Bertz CT molecular complexity index is 935. The van der Waals surface area contributed by atoms with E-state index in [-0.39, 0.29) is 13.0 Å². The van der Waals surface area contributed by atoms with Gasteiger partial charge in [-0.1, -0.05) is 48.0 Å². The van der Waals surface area contributed by atoms with Crippen LogP contribution in [0, 0.1) is 6.92 Å². The maximum absolute atomic E-state index is 13.2. The van der Waals surface area contributed by atoms with Gasteiger partial charge >= 0.3 is 5.97 Å². The minimum absolute atomic E-state index is 0.0250. The molecule has 0 N–H and O–H groups in total. The molecule has 1 aliphatic heterocycles. The zero-order valence-electron chi connectivity index (χ0n) is 16.1.